The summed E-state index contributed by atoms with van der Waals surface area (Å²) >= 11 is 0. The molecule has 1 fully saturated rings. The van der Waals surface area contributed by atoms with Crippen molar-refractivity contribution in [1.29, 1.82) is 0 Å². The van der Waals surface area contributed by atoms with Crippen LogP contribution in [0.4, 0.5) is 10.1 Å². The van der Waals surface area contributed by atoms with E-state index in [4.69, 9.17) is 0 Å². The fourth-order valence-electron chi connectivity index (χ4n) is 1.64. The third kappa shape index (κ3) is 2.17. The van der Waals surface area contributed by atoms with Crippen LogP contribution in [0, 0.1) is 24.6 Å². The molecule has 1 saturated carbocycles. The van der Waals surface area contributed by atoms with Crippen molar-refractivity contribution < 1.29 is 9.18 Å². The molecule has 80 valence electrons. The maximum absolute atomic E-state index is 12.9. The van der Waals surface area contributed by atoms with Gasteiger partial charge in [0.2, 0.25) is 5.91 Å². The van der Waals surface area contributed by atoms with Crippen LogP contribution in [0.15, 0.2) is 18.2 Å². The van der Waals surface area contributed by atoms with E-state index < -0.39 is 0 Å². The molecule has 15 heavy (non-hydrogen) atoms. The highest BCUT2D eigenvalue weighted by Gasteiger charge is 2.39. The summed E-state index contributed by atoms with van der Waals surface area (Å²) in [6.07, 6.45) is 0.945. The van der Waals surface area contributed by atoms with Gasteiger partial charge in [-0.25, -0.2) is 4.39 Å². The van der Waals surface area contributed by atoms with Crippen molar-refractivity contribution in [2.75, 3.05) is 5.32 Å². The van der Waals surface area contributed by atoms with Crippen molar-refractivity contribution >= 4 is 11.6 Å². The molecule has 0 heterocycles. The lowest BCUT2D eigenvalue weighted by Crippen LogP contribution is -2.15. The highest BCUT2D eigenvalue weighted by molar-refractivity contribution is 5.95. The number of hydrogen-bond donors (Lipinski definition) is 1. The van der Waals surface area contributed by atoms with Crippen molar-refractivity contribution in [2.24, 2.45) is 11.8 Å². The number of nitrogens with one attached hydrogen (secondary N) is 1. The van der Waals surface area contributed by atoms with Gasteiger partial charge in [-0.2, -0.15) is 0 Å². The van der Waals surface area contributed by atoms with E-state index in [2.05, 4.69) is 5.32 Å². The van der Waals surface area contributed by atoms with Crippen molar-refractivity contribution in [3.05, 3.63) is 29.6 Å². The second-order valence-corrected chi connectivity index (χ2v) is 4.27. The molecule has 1 aliphatic rings. The summed E-state index contributed by atoms with van der Waals surface area (Å²) in [5.41, 5.74) is 1.47. The van der Waals surface area contributed by atoms with Gasteiger partial charge in [-0.05, 0) is 37.0 Å². The van der Waals surface area contributed by atoms with E-state index >= 15 is 0 Å². The van der Waals surface area contributed by atoms with Crippen LogP contribution >= 0.6 is 0 Å². The highest BCUT2D eigenvalue weighted by Crippen LogP contribution is 2.38. The lowest BCUT2D eigenvalue weighted by Gasteiger charge is -2.07. The summed E-state index contributed by atoms with van der Waals surface area (Å²) in [6, 6.07) is 4.42. The molecule has 0 bridgehead atoms. The van der Waals surface area contributed by atoms with Gasteiger partial charge in [0, 0.05) is 11.6 Å². The largest absolute Gasteiger partial charge is 0.325 e. The Labute approximate surface area is 88.5 Å². The van der Waals surface area contributed by atoms with Crippen molar-refractivity contribution in [3.8, 4) is 0 Å². The van der Waals surface area contributed by atoms with Crippen LogP contribution in [-0.2, 0) is 4.79 Å². The maximum Gasteiger partial charge on any atom is 0.227 e. The summed E-state index contributed by atoms with van der Waals surface area (Å²) < 4.78 is 12.9. The molecular weight excluding hydrogens is 193 g/mol. The van der Waals surface area contributed by atoms with Gasteiger partial charge >= 0.3 is 0 Å². The smallest absolute Gasteiger partial charge is 0.227 e. The van der Waals surface area contributed by atoms with Gasteiger partial charge in [0.1, 0.15) is 5.82 Å². The predicted molar refractivity (Wildman–Crippen MR) is 57.0 cm³/mol. The molecule has 0 aliphatic heterocycles. The number of carbonyl (C=O) groups excluding carboxylic acids is 1. The molecule has 1 aromatic rings. The molecule has 0 unspecified atom stereocenters. The summed E-state index contributed by atoms with van der Waals surface area (Å²) in [6.45, 7) is 3.90. The number of rotatable bonds is 2. The summed E-state index contributed by atoms with van der Waals surface area (Å²) in [5, 5.41) is 2.76. The third-order valence-electron chi connectivity index (χ3n) is 2.90. The van der Waals surface area contributed by atoms with E-state index in [9.17, 15) is 9.18 Å². The maximum atomic E-state index is 12.9. The number of hydrogen-bond acceptors (Lipinski definition) is 1. The second-order valence-electron chi connectivity index (χ2n) is 4.27. The Morgan fingerprint density at radius 2 is 2.20 bits per heavy atom. The summed E-state index contributed by atoms with van der Waals surface area (Å²) in [5.74, 6) is 0.280. The number of anilines is 1. The van der Waals surface area contributed by atoms with Crippen molar-refractivity contribution in [3.63, 3.8) is 0 Å². The zero-order valence-electron chi connectivity index (χ0n) is 8.88. The number of halogens is 1. The average molecular weight is 207 g/mol. The van der Waals surface area contributed by atoms with Crippen LogP contribution < -0.4 is 5.32 Å². The fraction of sp³-hybridized carbons (Fsp3) is 0.417. The first-order chi connectivity index (χ1) is 7.08. The first-order valence-electron chi connectivity index (χ1n) is 5.15. The minimum Gasteiger partial charge on any atom is -0.325 e. The normalized spacial score (nSPS) is 23.7. The first-order valence-corrected chi connectivity index (χ1v) is 5.15. The predicted octanol–water partition coefficient (Wildman–Crippen LogP) is 2.73. The molecule has 2 atom stereocenters. The fourth-order valence-corrected chi connectivity index (χ4v) is 1.64. The molecule has 1 aliphatic carbocycles. The number of carbonyl (C=O) groups is 1. The van der Waals surface area contributed by atoms with Gasteiger partial charge in [-0.1, -0.05) is 13.0 Å². The molecule has 0 aromatic heterocycles. The molecule has 3 heteroatoms. The Hall–Kier alpha value is -1.38. The molecule has 2 nitrogen and oxygen atoms in total. The lowest BCUT2D eigenvalue weighted by atomic mass is 10.2. The van der Waals surface area contributed by atoms with Gasteiger partial charge in [0.05, 0.1) is 0 Å². The van der Waals surface area contributed by atoms with E-state index in [1.54, 1.807) is 6.07 Å². The van der Waals surface area contributed by atoms with E-state index in [-0.39, 0.29) is 17.6 Å². The van der Waals surface area contributed by atoms with Crippen molar-refractivity contribution in [2.45, 2.75) is 20.3 Å². The van der Waals surface area contributed by atoms with Crippen LogP contribution in [0.5, 0.6) is 0 Å². The van der Waals surface area contributed by atoms with E-state index in [0.717, 1.165) is 12.0 Å². The highest BCUT2D eigenvalue weighted by atomic mass is 19.1. The van der Waals surface area contributed by atoms with Crippen LogP contribution in [0.1, 0.15) is 18.9 Å². The van der Waals surface area contributed by atoms with Gasteiger partial charge in [-0.15, -0.1) is 0 Å². The lowest BCUT2D eigenvalue weighted by molar-refractivity contribution is -0.117. The number of benzene rings is 1. The van der Waals surface area contributed by atoms with Crippen LogP contribution in [0.3, 0.4) is 0 Å². The van der Waals surface area contributed by atoms with E-state index in [1.807, 2.05) is 13.8 Å². The Morgan fingerprint density at radius 3 is 2.80 bits per heavy atom. The zero-order valence-corrected chi connectivity index (χ0v) is 8.88. The number of amides is 1. The molecule has 1 amide bonds. The Balaban J connectivity index is 2.10. The van der Waals surface area contributed by atoms with Crippen LogP contribution in [0.25, 0.3) is 0 Å². The molecule has 1 N–H and O–H groups in total. The Kier molecular flexibility index (Phi) is 2.47. The van der Waals surface area contributed by atoms with Gasteiger partial charge in [0.15, 0.2) is 0 Å². The van der Waals surface area contributed by atoms with Gasteiger partial charge in [0.25, 0.3) is 0 Å². The third-order valence-corrected chi connectivity index (χ3v) is 2.90. The minimum atomic E-state index is -0.320. The minimum absolute atomic E-state index is 0.0104. The average Bonchev–Trinajstić information content (AvgIpc) is 2.89. The van der Waals surface area contributed by atoms with Gasteiger partial charge < -0.3 is 5.32 Å². The monoisotopic (exact) mass is 207 g/mol. The Bertz CT molecular complexity index is 403. The van der Waals surface area contributed by atoms with E-state index in [0.29, 0.717) is 11.6 Å². The number of aryl methyl sites for hydroxylation is 1. The summed E-state index contributed by atoms with van der Waals surface area (Å²) in [7, 11) is 0. The molecule has 0 spiro atoms. The SMILES string of the molecule is Cc1ccc(F)cc1NC(=O)[C@H]1C[C@@H]1C. The molecular formula is C12H14FNO. The van der Waals surface area contributed by atoms with Gasteiger partial charge in [-0.3, -0.25) is 4.79 Å². The second kappa shape index (κ2) is 3.65. The summed E-state index contributed by atoms with van der Waals surface area (Å²) in [4.78, 5) is 11.6. The zero-order chi connectivity index (χ0) is 11.0. The van der Waals surface area contributed by atoms with Crippen LogP contribution in [0.2, 0.25) is 0 Å². The molecule has 0 saturated heterocycles. The molecule has 0 radical (unpaired) electrons. The molecule has 2 rings (SSSR count). The quantitative estimate of drug-likeness (QED) is 0.793. The Morgan fingerprint density at radius 1 is 1.53 bits per heavy atom. The topological polar surface area (TPSA) is 29.1 Å². The van der Waals surface area contributed by atoms with E-state index in [1.165, 1.54) is 12.1 Å². The van der Waals surface area contributed by atoms with Crippen molar-refractivity contribution in [1.82, 2.24) is 0 Å². The standard InChI is InChI=1S/C12H14FNO/c1-7-3-4-9(13)6-11(7)14-12(15)10-5-8(10)2/h3-4,6,8,10H,5H2,1-2H3,(H,14,15)/t8-,10-/m0/s1. The van der Waals surface area contributed by atoms with Crippen LogP contribution in [-0.4, -0.2) is 5.91 Å². The molecule has 1 aromatic carbocycles. The first kappa shape index (κ1) is 10.1.